The zero-order valence-electron chi connectivity index (χ0n) is 14.6. The number of amides is 1. The molecule has 1 aromatic heterocycles. The molecule has 1 amide bonds. The summed E-state index contributed by atoms with van der Waals surface area (Å²) >= 11 is 3.36. The number of nitrogens with one attached hydrogen (secondary N) is 1. The molecule has 0 fully saturated rings. The Hall–Kier alpha value is -2.35. The van der Waals surface area contributed by atoms with E-state index < -0.39 is 17.9 Å². The summed E-state index contributed by atoms with van der Waals surface area (Å²) in [7, 11) is 0. The number of aromatic nitrogens is 1. The molecule has 8 heteroatoms. The molecule has 26 heavy (non-hydrogen) atoms. The van der Waals surface area contributed by atoms with E-state index >= 15 is 0 Å². The monoisotopic (exact) mass is 424 g/mol. The van der Waals surface area contributed by atoms with Gasteiger partial charge in [0, 0.05) is 11.6 Å². The van der Waals surface area contributed by atoms with Crippen LogP contribution in [0.5, 0.6) is 5.75 Å². The molecule has 7 nitrogen and oxygen atoms in total. The molecule has 2 rings (SSSR count). The highest BCUT2D eigenvalue weighted by Gasteiger charge is 2.20. The number of carboxylic acid groups (broad SMARTS) is 1. The van der Waals surface area contributed by atoms with Crippen molar-refractivity contribution in [3.05, 3.63) is 45.8 Å². The van der Waals surface area contributed by atoms with Crippen LogP contribution < -0.4 is 10.1 Å². The number of hydrogen-bond donors (Lipinski definition) is 2. The van der Waals surface area contributed by atoms with E-state index in [4.69, 9.17) is 9.26 Å². The molecule has 1 atom stereocenters. The molecule has 0 radical (unpaired) electrons. The third-order valence-electron chi connectivity index (χ3n) is 3.69. The van der Waals surface area contributed by atoms with Crippen LogP contribution in [-0.4, -0.2) is 28.2 Å². The number of unbranched alkanes of at least 4 members (excludes halogenated alkanes) is 1. The third kappa shape index (κ3) is 5.59. The van der Waals surface area contributed by atoms with Gasteiger partial charge >= 0.3 is 5.97 Å². The number of benzene rings is 1. The zero-order chi connectivity index (χ0) is 19.1. The van der Waals surface area contributed by atoms with Crippen molar-refractivity contribution in [1.29, 1.82) is 0 Å². The standard InChI is InChI=1S/C18H21BrN2O5/c1-3-4-5-15(18(23)24)20-17(22)12-6-7-16(14(19)9-12)25-10-13-8-11(2)21-26-13/h6-9,15H,3-5,10H2,1-2H3,(H,20,22)(H,23,24). The van der Waals surface area contributed by atoms with E-state index in [1.807, 2.05) is 13.8 Å². The average molecular weight is 425 g/mol. The lowest BCUT2D eigenvalue weighted by Crippen LogP contribution is -2.40. The molecule has 0 saturated heterocycles. The molecule has 0 saturated carbocycles. The van der Waals surface area contributed by atoms with Crippen molar-refractivity contribution in [3.63, 3.8) is 0 Å². The largest absolute Gasteiger partial charge is 0.484 e. The molecule has 0 aliphatic heterocycles. The maximum absolute atomic E-state index is 12.3. The van der Waals surface area contributed by atoms with Gasteiger partial charge in [-0.15, -0.1) is 0 Å². The molecule has 0 spiro atoms. The molecule has 0 aliphatic rings. The molecule has 2 N–H and O–H groups in total. The molecule has 140 valence electrons. The Bertz CT molecular complexity index is 775. The van der Waals surface area contributed by atoms with Crippen LogP contribution in [0.1, 0.15) is 48.0 Å². The normalized spacial score (nSPS) is 11.8. The lowest BCUT2D eigenvalue weighted by atomic mass is 10.1. The Morgan fingerprint density at radius 3 is 2.73 bits per heavy atom. The first kappa shape index (κ1) is 20.0. The van der Waals surface area contributed by atoms with Gasteiger partial charge in [-0.25, -0.2) is 4.79 Å². The first-order valence-electron chi connectivity index (χ1n) is 8.29. The quantitative estimate of drug-likeness (QED) is 0.636. The summed E-state index contributed by atoms with van der Waals surface area (Å²) in [6, 6.07) is 5.70. The van der Waals surface area contributed by atoms with Gasteiger partial charge in [-0.1, -0.05) is 24.9 Å². The van der Waals surface area contributed by atoms with Crippen molar-refractivity contribution in [1.82, 2.24) is 10.5 Å². The smallest absolute Gasteiger partial charge is 0.326 e. The lowest BCUT2D eigenvalue weighted by molar-refractivity contribution is -0.139. The maximum Gasteiger partial charge on any atom is 0.326 e. The summed E-state index contributed by atoms with van der Waals surface area (Å²) in [6.07, 6.45) is 1.99. The number of halogens is 1. The second-order valence-corrected chi connectivity index (χ2v) is 6.73. The first-order valence-corrected chi connectivity index (χ1v) is 9.08. The highest BCUT2D eigenvalue weighted by atomic mass is 79.9. The van der Waals surface area contributed by atoms with E-state index in [1.165, 1.54) is 0 Å². The fourth-order valence-corrected chi connectivity index (χ4v) is 2.79. The Kier molecular flexibility index (Phi) is 7.20. The zero-order valence-corrected chi connectivity index (χ0v) is 16.2. The van der Waals surface area contributed by atoms with Crippen LogP contribution in [0.25, 0.3) is 0 Å². The van der Waals surface area contributed by atoms with Crippen molar-refractivity contribution >= 4 is 27.8 Å². The minimum absolute atomic E-state index is 0.211. The van der Waals surface area contributed by atoms with Crippen LogP contribution in [0.3, 0.4) is 0 Å². The number of nitrogens with zero attached hydrogens (tertiary/aromatic N) is 1. The van der Waals surface area contributed by atoms with E-state index in [2.05, 4.69) is 26.4 Å². The molecule has 2 aromatic rings. The summed E-state index contributed by atoms with van der Waals surface area (Å²) in [5.41, 5.74) is 1.12. The molecule has 0 bridgehead atoms. The van der Waals surface area contributed by atoms with Crippen molar-refractivity contribution < 1.29 is 24.0 Å². The van der Waals surface area contributed by atoms with Gasteiger partial charge in [0.05, 0.1) is 10.2 Å². The molecule has 1 heterocycles. The van der Waals surface area contributed by atoms with Gasteiger partial charge < -0.3 is 19.7 Å². The van der Waals surface area contributed by atoms with Crippen LogP contribution in [-0.2, 0) is 11.4 Å². The summed E-state index contributed by atoms with van der Waals surface area (Å²) in [4.78, 5) is 23.6. The molecular weight excluding hydrogens is 404 g/mol. The SMILES string of the molecule is CCCCC(NC(=O)c1ccc(OCc2cc(C)no2)c(Br)c1)C(=O)O. The fourth-order valence-electron chi connectivity index (χ4n) is 2.30. The average Bonchev–Trinajstić information content (AvgIpc) is 3.02. The number of aliphatic carboxylic acids is 1. The van der Waals surface area contributed by atoms with Crippen LogP contribution in [0, 0.1) is 6.92 Å². The van der Waals surface area contributed by atoms with Crippen LogP contribution in [0.15, 0.2) is 33.3 Å². The lowest BCUT2D eigenvalue weighted by Gasteiger charge is -2.14. The molecule has 1 aromatic carbocycles. The maximum atomic E-state index is 12.3. The Labute approximate surface area is 159 Å². The van der Waals surface area contributed by atoms with Gasteiger partial charge in [0.1, 0.15) is 18.4 Å². The van der Waals surface area contributed by atoms with Crippen molar-refractivity contribution in [2.24, 2.45) is 0 Å². The summed E-state index contributed by atoms with van der Waals surface area (Å²) in [6.45, 7) is 4.00. The van der Waals surface area contributed by atoms with Crippen molar-refractivity contribution in [2.75, 3.05) is 0 Å². The van der Waals surface area contributed by atoms with Crippen molar-refractivity contribution in [3.8, 4) is 5.75 Å². The number of ether oxygens (including phenoxy) is 1. The molecule has 1 unspecified atom stereocenters. The minimum atomic E-state index is -1.03. The number of carbonyl (C=O) groups excluding carboxylic acids is 1. The van der Waals surface area contributed by atoms with Crippen LogP contribution >= 0.6 is 15.9 Å². The van der Waals surface area contributed by atoms with Gasteiger partial charge in [0.15, 0.2) is 5.76 Å². The first-order chi connectivity index (χ1) is 12.4. The summed E-state index contributed by atoms with van der Waals surface area (Å²) in [5.74, 6) is -0.340. The summed E-state index contributed by atoms with van der Waals surface area (Å²) < 4.78 is 11.3. The number of rotatable bonds is 9. The van der Waals surface area contributed by atoms with E-state index in [9.17, 15) is 14.7 Å². The van der Waals surface area contributed by atoms with E-state index in [0.717, 1.165) is 18.5 Å². The van der Waals surface area contributed by atoms with E-state index in [-0.39, 0.29) is 6.61 Å². The van der Waals surface area contributed by atoms with Crippen molar-refractivity contribution in [2.45, 2.75) is 45.8 Å². The van der Waals surface area contributed by atoms with E-state index in [0.29, 0.717) is 28.0 Å². The van der Waals surface area contributed by atoms with Gasteiger partial charge in [0.25, 0.3) is 5.91 Å². The number of carbonyl (C=O) groups is 2. The third-order valence-corrected chi connectivity index (χ3v) is 4.31. The number of aryl methyl sites for hydroxylation is 1. The highest BCUT2D eigenvalue weighted by molar-refractivity contribution is 9.10. The predicted octanol–water partition coefficient (Wildman–Crippen LogP) is 3.70. The second-order valence-electron chi connectivity index (χ2n) is 5.87. The van der Waals surface area contributed by atoms with Gasteiger partial charge in [-0.3, -0.25) is 4.79 Å². The van der Waals surface area contributed by atoms with Gasteiger partial charge in [0.2, 0.25) is 0 Å². The minimum Gasteiger partial charge on any atom is -0.484 e. The van der Waals surface area contributed by atoms with Crippen LogP contribution in [0.2, 0.25) is 0 Å². The molecular formula is C18H21BrN2O5. The Morgan fingerprint density at radius 1 is 1.38 bits per heavy atom. The second kappa shape index (κ2) is 9.38. The Balaban J connectivity index is 2.00. The highest BCUT2D eigenvalue weighted by Crippen LogP contribution is 2.27. The summed E-state index contributed by atoms with van der Waals surface area (Å²) in [5, 5.41) is 15.6. The molecule has 0 aliphatic carbocycles. The number of hydrogen-bond acceptors (Lipinski definition) is 5. The fraction of sp³-hybridized carbons (Fsp3) is 0.389. The Morgan fingerprint density at radius 2 is 2.15 bits per heavy atom. The van der Waals surface area contributed by atoms with E-state index in [1.54, 1.807) is 24.3 Å². The number of carboxylic acids is 1. The van der Waals surface area contributed by atoms with Crippen LogP contribution in [0.4, 0.5) is 0 Å². The predicted molar refractivity (Wildman–Crippen MR) is 98.1 cm³/mol. The van der Waals surface area contributed by atoms with Gasteiger partial charge in [-0.2, -0.15) is 0 Å². The topological polar surface area (TPSA) is 102 Å². The van der Waals surface area contributed by atoms with Gasteiger partial charge in [-0.05, 0) is 47.5 Å².